The molecule has 4 nitrogen and oxygen atoms in total. The van der Waals surface area contributed by atoms with Crippen LogP contribution in [-0.4, -0.2) is 52.0 Å². The molecule has 1 aromatic carbocycles. The molecule has 0 radical (unpaired) electrons. The highest BCUT2D eigenvalue weighted by atomic mass is 35.5. The van der Waals surface area contributed by atoms with Crippen LogP contribution in [0.25, 0.3) is 0 Å². The zero-order valence-corrected chi connectivity index (χ0v) is 15.0. The Morgan fingerprint density at radius 3 is 2.36 bits per heavy atom. The SMILES string of the molecule is COc1ccc([C@H](CF)N2CCNCC2)c(Cl)c1OC.Cl.Cl. The average molecular weight is 376 g/mol. The van der Waals surface area contributed by atoms with Gasteiger partial charge < -0.3 is 14.8 Å². The van der Waals surface area contributed by atoms with Crippen LogP contribution in [0.4, 0.5) is 4.39 Å². The van der Waals surface area contributed by atoms with Crippen LogP contribution in [0.5, 0.6) is 11.5 Å². The number of nitrogens with one attached hydrogen (secondary N) is 1. The molecule has 0 amide bonds. The minimum atomic E-state index is -0.477. The standard InChI is InChI=1S/C14H20ClFN2O2.2ClH/c1-19-12-4-3-10(13(15)14(12)20-2)11(9-16)18-7-5-17-6-8-18;;/h3-4,11,17H,5-9H2,1-2H3;2*1H/t11-;;/m0../s1. The van der Waals surface area contributed by atoms with E-state index >= 15 is 0 Å². The van der Waals surface area contributed by atoms with E-state index in [4.69, 9.17) is 21.1 Å². The third-order valence-electron chi connectivity index (χ3n) is 3.61. The fourth-order valence-electron chi connectivity index (χ4n) is 2.53. The Balaban J connectivity index is 0.00000220. The lowest BCUT2D eigenvalue weighted by Gasteiger charge is -2.34. The Morgan fingerprint density at radius 1 is 1.23 bits per heavy atom. The van der Waals surface area contributed by atoms with E-state index in [1.807, 2.05) is 6.07 Å². The molecule has 0 unspecified atom stereocenters. The van der Waals surface area contributed by atoms with Crippen LogP contribution in [0, 0.1) is 0 Å². The summed E-state index contributed by atoms with van der Waals surface area (Å²) >= 11 is 6.37. The molecule has 0 aliphatic carbocycles. The smallest absolute Gasteiger partial charge is 0.179 e. The van der Waals surface area contributed by atoms with Gasteiger partial charge in [-0.05, 0) is 11.6 Å². The molecular formula is C14H22Cl3FN2O2. The Labute approximate surface area is 148 Å². The molecule has 2 rings (SSSR count). The summed E-state index contributed by atoms with van der Waals surface area (Å²) in [6.45, 7) is 2.86. The number of hydrogen-bond acceptors (Lipinski definition) is 4. The van der Waals surface area contributed by atoms with E-state index < -0.39 is 6.67 Å². The van der Waals surface area contributed by atoms with E-state index in [1.54, 1.807) is 13.2 Å². The Bertz CT molecular complexity index is 460. The van der Waals surface area contributed by atoms with Crippen molar-refractivity contribution in [2.75, 3.05) is 47.1 Å². The van der Waals surface area contributed by atoms with Crippen LogP contribution in [0.2, 0.25) is 5.02 Å². The zero-order chi connectivity index (χ0) is 14.5. The maximum absolute atomic E-state index is 13.5. The Hall–Kier alpha value is -0.460. The fourth-order valence-corrected chi connectivity index (χ4v) is 2.89. The van der Waals surface area contributed by atoms with Gasteiger partial charge >= 0.3 is 0 Å². The van der Waals surface area contributed by atoms with Gasteiger partial charge in [0.05, 0.1) is 25.3 Å². The molecular weight excluding hydrogens is 354 g/mol. The van der Waals surface area contributed by atoms with Crippen molar-refractivity contribution < 1.29 is 13.9 Å². The maximum atomic E-state index is 13.5. The van der Waals surface area contributed by atoms with Gasteiger partial charge in [0.15, 0.2) is 11.5 Å². The molecule has 1 atom stereocenters. The number of benzene rings is 1. The van der Waals surface area contributed by atoms with Gasteiger partial charge in [-0.3, -0.25) is 4.90 Å². The van der Waals surface area contributed by atoms with Crippen molar-refractivity contribution in [3.63, 3.8) is 0 Å². The minimum Gasteiger partial charge on any atom is -0.493 e. The summed E-state index contributed by atoms with van der Waals surface area (Å²) in [6, 6.07) is 3.24. The Kier molecular flexibility index (Phi) is 10.1. The second kappa shape index (κ2) is 10.3. The summed E-state index contributed by atoms with van der Waals surface area (Å²) in [5.41, 5.74) is 0.744. The van der Waals surface area contributed by atoms with Crippen molar-refractivity contribution in [2.45, 2.75) is 6.04 Å². The molecule has 128 valence electrons. The highest BCUT2D eigenvalue weighted by molar-refractivity contribution is 6.33. The van der Waals surface area contributed by atoms with Crippen molar-refractivity contribution in [3.05, 3.63) is 22.7 Å². The Morgan fingerprint density at radius 2 is 1.86 bits per heavy atom. The van der Waals surface area contributed by atoms with Crippen molar-refractivity contribution in [1.29, 1.82) is 0 Å². The van der Waals surface area contributed by atoms with Gasteiger partial charge in [-0.2, -0.15) is 0 Å². The topological polar surface area (TPSA) is 33.7 Å². The quantitative estimate of drug-likeness (QED) is 0.857. The summed E-state index contributed by atoms with van der Waals surface area (Å²) in [6.07, 6.45) is 0. The van der Waals surface area contributed by atoms with Crippen molar-refractivity contribution in [3.8, 4) is 11.5 Å². The van der Waals surface area contributed by atoms with E-state index in [-0.39, 0.29) is 30.9 Å². The largest absolute Gasteiger partial charge is 0.493 e. The first-order valence-electron chi connectivity index (χ1n) is 6.64. The molecule has 1 heterocycles. The fraction of sp³-hybridized carbons (Fsp3) is 0.571. The molecule has 1 aliphatic heterocycles. The molecule has 0 aromatic heterocycles. The van der Waals surface area contributed by atoms with Crippen LogP contribution < -0.4 is 14.8 Å². The van der Waals surface area contributed by atoms with Gasteiger partial charge in [-0.25, -0.2) is 4.39 Å². The normalized spacial score (nSPS) is 16.2. The van der Waals surface area contributed by atoms with Crippen molar-refractivity contribution in [2.24, 2.45) is 0 Å². The van der Waals surface area contributed by atoms with E-state index in [0.29, 0.717) is 16.5 Å². The number of ether oxygens (including phenoxy) is 2. The van der Waals surface area contributed by atoms with Crippen LogP contribution in [0.3, 0.4) is 0 Å². The summed E-state index contributed by atoms with van der Waals surface area (Å²) in [5, 5.41) is 3.68. The summed E-state index contributed by atoms with van der Waals surface area (Å²) in [4.78, 5) is 2.10. The minimum absolute atomic E-state index is 0. The predicted molar refractivity (Wildman–Crippen MR) is 92.2 cm³/mol. The molecule has 1 aromatic rings. The van der Waals surface area contributed by atoms with Crippen molar-refractivity contribution >= 4 is 36.4 Å². The first-order chi connectivity index (χ1) is 9.72. The molecule has 1 aliphatic rings. The van der Waals surface area contributed by atoms with Gasteiger partial charge in [-0.1, -0.05) is 17.7 Å². The number of methoxy groups -OCH3 is 2. The molecule has 0 saturated carbocycles. The third-order valence-corrected chi connectivity index (χ3v) is 4.00. The number of piperazine rings is 1. The molecule has 8 heteroatoms. The number of alkyl halides is 1. The van der Waals surface area contributed by atoms with Gasteiger partial charge in [-0.15, -0.1) is 24.8 Å². The van der Waals surface area contributed by atoms with Crippen LogP contribution in [0.1, 0.15) is 11.6 Å². The monoisotopic (exact) mass is 374 g/mol. The van der Waals surface area contributed by atoms with Crippen LogP contribution in [0.15, 0.2) is 12.1 Å². The van der Waals surface area contributed by atoms with Crippen LogP contribution >= 0.6 is 36.4 Å². The predicted octanol–water partition coefficient (Wildman–Crippen LogP) is 3.12. The second-order valence-electron chi connectivity index (χ2n) is 4.66. The number of hydrogen-bond donors (Lipinski definition) is 1. The number of rotatable bonds is 5. The van der Waals surface area contributed by atoms with E-state index in [0.717, 1.165) is 31.7 Å². The van der Waals surface area contributed by atoms with Gasteiger partial charge in [0.25, 0.3) is 0 Å². The first-order valence-corrected chi connectivity index (χ1v) is 7.01. The molecule has 0 bridgehead atoms. The summed E-state index contributed by atoms with van der Waals surface area (Å²) in [5.74, 6) is 1.01. The van der Waals surface area contributed by atoms with E-state index in [1.165, 1.54) is 7.11 Å². The third kappa shape index (κ3) is 4.52. The summed E-state index contributed by atoms with van der Waals surface area (Å²) in [7, 11) is 3.08. The van der Waals surface area contributed by atoms with Crippen molar-refractivity contribution in [1.82, 2.24) is 10.2 Å². The lowest BCUT2D eigenvalue weighted by molar-refractivity contribution is 0.147. The van der Waals surface area contributed by atoms with Gasteiger partial charge in [0.1, 0.15) is 6.67 Å². The van der Waals surface area contributed by atoms with E-state index in [9.17, 15) is 4.39 Å². The van der Waals surface area contributed by atoms with Gasteiger partial charge in [0, 0.05) is 26.2 Å². The maximum Gasteiger partial charge on any atom is 0.179 e. The van der Waals surface area contributed by atoms with Crippen LogP contribution in [-0.2, 0) is 0 Å². The first kappa shape index (κ1) is 21.5. The molecule has 0 spiro atoms. The van der Waals surface area contributed by atoms with Gasteiger partial charge in [0.2, 0.25) is 0 Å². The molecule has 22 heavy (non-hydrogen) atoms. The molecule has 1 N–H and O–H groups in total. The molecule has 1 fully saturated rings. The number of halogens is 4. The number of nitrogens with zero attached hydrogens (tertiary/aromatic N) is 1. The lowest BCUT2D eigenvalue weighted by Crippen LogP contribution is -2.45. The highest BCUT2D eigenvalue weighted by Gasteiger charge is 2.26. The second-order valence-corrected chi connectivity index (χ2v) is 5.04. The van der Waals surface area contributed by atoms with E-state index in [2.05, 4.69) is 10.2 Å². The highest BCUT2D eigenvalue weighted by Crippen LogP contribution is 2.41. The molecule has 1 saturated heterocycles. The zero-order valence-electron chi connectivity index (χ0n) is 12.6. The lowest BCUT2D eigenvalue weighted by atomic mass is 10.0. The summed E-state index contributed by atoms with van der Waals surface area (Å²) < 4.78 is 24.0. The average Bonchev–Trinajstić information content (AvgIpc) is 2.50.